The van der Waals surface area contributed by atoms with E-state index in [0.717, 1.165) is 23.9 Å². The minimum atomic E-state index is -3.97. The minimum absolute atomic E-state index is 0.0105. The van der Waals surface area contributed by atoms with Gasteiger partial charge in [0.25, 0.3) is 5.91 Å². The summed E-state index contributed by atoms with van der Waals surface area (Å²) in [7, 11) is -3.97. The third-order valence-electron chi connectivity index (χ3n) is 6.48. The van der Waals surface area contributed by atoms with Crippen molar-refractivity contribution in [2.24, 2.45) is 0 Å². The number of hydrogen-bond acceptors (Lipinski definition) is 9. The topological polar surface area (TPSA) is 131 Å². The zero-order chi connectivity index (χ0) is 28.5. The van der Waals surface area contributed by atoms with Crippen LogP contribution in [0.5, 0.6) is 0 Å². The first-order valence-electron chi connectivity index (χ1n) is 12.9. The molecule has 40 heavy (non-hydrogen) atoms. The Kier molecular flexibility index (Phi) is 10.1. The average Bonchev–Trinajstić information content (AvgIpc) is 3.41. The van der Waals surface area contributed by atoms with Crippen LogP contribution in [0.15, 0.2) is 47.4 Å². The maximum Gasteiger partial charge on any atom is 0.260 e. The number of carbonyl (C=O) groups excluding carboxylic acids is 1. The van der Waals surface area contributed by atoms with Crippen molar-refractivity contribution in [3.63, 3.8) is 0 Å². The highest BCUT2D eigenvalue weighted by molar-refractivity contribution is 7.89. The molecule has 1 amide bonds. The quantitative estimate of drug-likeness (QED) is 0.316. The van der Waals surface area contributed by atoms with Gasteiger partial charge in [-0.25, -0.2) is 17.8 Å². The first kappa shape index (κ1) is 29.5. The summed E-state index contributed by atoms with van der Waals surface area (Å²) in [6.07, 6.45) is 0.635. The van der Waals surface area contributed by atoms with Gasteiger partial charge in [-0.2, -0.15) is 14.8 Å². The highest BCUT2D eigenvalue weighted by Gasteiger charge is 2.26. The van der Waals surface area contributed by atoms with Gasteiger partial charge in [0.1, 0.15) is 11.3 Å². The summed E-state index contributed by atoms with van der Waals surface area (Å²) in [6, 6.07) is 14.1. The number of benzene rings is 2. The molecular weight excluding hydrogens is 555 g/mol. The van der Waals surface area contributed by atoms with Crippen LogP contribution in [0, 0.1) is 28.5 Å². The number of thiazole rings is 1. The molecule has 0 unspecified atom stereocenters. The number of hydrogen-bond donors (Lipinski definition) is 0. The number of nitriles is 2. The molecule has 10 nitrogen and oxygen atoms in total. The van der Waals surface area contributed by atoms with Crippen LogP contribution in [0.25, 0.3) is 10.2 Å². The molecule has 13 heteroatoms. The Morgan fingerprint density at radius 1 is 1.05 bits per heavy atom. The molecule has 0 N–H and O–H groups in total. The number of ether oxygens (including phenoxy) is 1. The van der Waals surface area contributed by atoms with E-state index in [1.807, 2.05) is 12.1 Å². The first-order valence-corrected chi connectivity index (χ1v) is 15.1. The number of nitrogens with zero attached hydrogens (tertiary/aromatic N) is 6. The molecule has 0 radical (unpaired) electrons. The molecule has 1 aromatic heterocycles. The predicted octanol–water partition coefficient (Wildman–Crippen LogP) is 3.62. The van der Waals surface area contributed by atoms with E-state index in [9.17, 15) is 17.6 Å². The van der Waals surface area contributed by atoms with Gasteiger partial charge in [-0.05, 0) is 42.8 Å². The van der Waals surface area contributed by atoms with Crippen LogP contribution >= 0.6 is 11.3 Å². The van der Waals surface area contributed by atoms with Crippen LogP contribution in [0.3, 0.4) is 0 Å². The highest BCUT2D eigenvalue weighted by Crippen LogP contribution is 2.31. The van der Waals surface area contributed by atoms with Gasteiger partial charge in [0.15, 0.2) is 5.13 Å². The summed E-state index contributed by atoms with van der Waals surface area (Å²) < 4.78 is 47.8. The van der Waals surface area contributed by atoms with Gasteiger partial charge in [0.05, 0.1) is 34.9 Å². The van der Waals surface area contributed by atoms with Gasteiger partial charge in [0, 0.05) is 57.7 Å². The van der Waals surface area contributed by atoms with Gasteiger partial charge in [0.2, 0.25) is 10.0 Å². The second-order valence-corrected chi connectivity index (χ2v) is 12.0. The fraction of sp³-hybridized carbons (Fsp3) is 0.407. The normalized spacial score (nSPS) is 14.2. The van der Waals surface area contributed by atoms with E-state index in [1.54, 1.807) is 12.1 Å². The van der Waals surface area contributed by atoms with Crippen molar-refractivity contribution in [2.45, 2.75) is 24.2 Å². The molecule has 2 aromatic carbocycles. The molecule has 0 spiro atoms. The standard InChI is InChI=1S/C27H29FN6O4S2/c28-23-5-1-6-24-25(23)31-27(39-24)34(16-4-13-32-17-19-38-20-18-32)26(35)21-7-9-22(10-8-21)40(36,37)33(14-2-11-29)15-3-12-30/h1,5-10H,2-4,13-20H2. The second kappa shape index (κ2) is 13.7. The third-order valence-corrected chi connectivity index (χ3v) is 9.44. The van der Waals surface area contributed by atoms with Crippen molar-refractivity contribution in [3.05, 3.63) is 53.8 Å². The summed E-state index contributed by atoms with van der Waals surface area (Å²) in [5, 5.41) is 18.2. The number of halogens is 1. The lowest BCUT2D eigenvalue weighted by Crippen LogP contribution is -2.39. The van der Waals surface area contributed by atoms with Crippen molar-refractivity contribution in [2.75, 3.05) is 57.4 Å². The summed E-state index contributed by atoms with van der Waals surface area (Å²) >= 11 is 1.22. The zero-order valence-electron chi connectivity index (χ0n) is 21.8. The highest BCUT2D eigenvalue weighted by atomic mass is 32.2. The van der Waals surface area contributed by atoms with Crippen LogP contribution in [-0.2, 0) is 14.8 Å². The Labute approximate surface area is 236 Å². The number of para-hydroxylation sites is 1. The van der Waals surface area contributed by atoms with Crippen LogP contribution in [0.1, 0.15) is 29.6 Å². The summed E-state index contributed by atoms with van der Waals surface area (Å²) in [5.41, 5.74) is 0.454. The Balaban J connectivity index is 1.57. The number of rotatable bonds is 12. The van der Waals surface area contributed by atoms with Crippen LogP contribution in [0.4, 0.5) is 9.52 Å². The van der Waals surface area contributed by atoms with Crippen molar-refractivity contribution < 1.29 is 22.3 Å². The van der Waals surface area contributed by atoms with E-state index >= 15 is 0 Å². The van der Waals surface area contributed by atoms with Gasteiger partial charge in [-0.3, -0.25) is 14.6 Å². The van der Waals surface area contributed by atoms with E-state index in [2.05, 4.69) is 9.88 Å². The number of sulfonamides is 1. The summed E-state index contributed by atoms with van der Waals surface area (Å²) in [5.74, 6) is -0.844. The maximum absolute atomic E-state index is 14.4. The molecule has 1 aliphatic rings. The molecule has 0 saturated carbocycles. The number of aromatic nitrogens is 1. The second-order valence-electron chi connectivity index (χ2n) is 9.09. The molecule has 3 aromatic rings. The van der Waals surface area contributed by atoms with E-state index in [4.69, 9.17) is 15.3 Å². The number of anilines is 1. The predicted molar refractivity (Wildman–Crippen MR) is 149 cm³/mol. The van der Waals surface area contributed by atoms with Crippen LogP contribution in [0.2, 0.25) is 0 Å². The van der Waals surface area contributed by atoms with E-state index in [1.165, 1.54) is 46.6 Å². The van der Waals surface area contributed by atoms with Gasteiger partial charge in [-0.1, -0.05) is 17.4 Å². The van der Waals surface area contributed by atoms with Crippen molar-refractivity contribution in [3.8, 4) is 12.1 Å². The molecule has 0 atom stereocenters. The molecule has 0 aliphatic carbocycles. The molecule has 2 heterocycles. The van der Waals surface area contributed by atoms with Crippen molar-refractivity contribution in [1.29, 1.82) is 10.5 Å². The van der Waals surface area contributed by atoms with Crippen molar-refractivity contribution in [1.82, 2.24) is 14.2 Å². The molecule has 4 rings (SSSR count). The minimum Gasteiger partial charge on any atom is -0.379 e. The van der Waals surface area contributed by atoms with E-state index in [-0.39, 0.29) is 47.8 Å². The molecule has 0 bridgehead atoms. The van der Waals surface area contributed by atoms with Crippen LogP contribution < -0.4 is 4.90 Å². The maximum atomic E-state index is 14.4. The Morgan fingerprint density at radius 3 is 2.35 bits per heavy atom. The molecular formula is C27H29FN6O4S2. The van der Waals surface area contributed by atoms with Gasteiger partial charge < -0.3 is 4.74 Å². The molecule has 1 saturated heterocycles. The lowest BCUT2D eigenvalue weighted by molar-refractivity contribution is 0.0376. The summed E-state index contributed by atoms with van der Waals surface area (Å²) in [4.78, 5) is 21.9. The smallest absolute Gasteiger partial charge is 0.260 e. The Morgan fingerprint density at radius 2 is 1.73 bits per heavy atom. The van der Waals surface area contributed by atoms with Crippen LogP contribution in [-0.4, -0.2) is 81.0 Å². The largest absolute Gasteiger partial charge is 0.379 e. The number of fused-ring (bicyclic) bond motifs is 1. The molecule has 1 fully saturated rings. The van der Waals surface area contributed by atoms with E-state index in [0.29, 0.717) is 36.0 Å². The van der Waals surface area contributed by atoms with Crippen molar-refractivity contribution >= 4 is 42.6 Å². The average molecular weight is 585 g/mol. The number of carbonyl (C=O) groups is 1. The fourth-order valence-electron chi connectivity index (χ4n) is 4.36. The lowest BCUT2D eigenvalue weighted by Gasteiger charge is -2.27. The molecule has 1 aliphatic heterocycles. The fourth-order valence-corrected chi connectivity index (χ4v) is 6.80. The zero-order valence-corrected chi connectivity index (χ0v) is 23.5. The first-order chi connectivity index (χ1) is 19.3. The van der Waals surface area contributed by atoms with Gasteiger partial charge in [-0.15, -0.1) is 0 Å². The van der Waals surface area contributed by atoms with E-state index < -0.39 is 15.8 Å². The SMILES string of the molecule is N#CCCN(CCC#N)S(=O)(=O)c1ccc(C(=O)N(CCCN2CCOCC2)c2nc3c(F)cccc3s2)cc1. The summed E-state index contributed by atoms with van der Waals surface area (Å²) in [6.45, 7) is 3.99. The monoisotopic (exact) mass is 584 g/mol. The Hall–Kier alpha value is -3.46. The number of amides is 1. The lowest BCUT2D eigenvalue weighted by atomic mass is 10.2. The Bertz CT molecular complexity index is 1490. The number of morpholine rings is 1. The molecule has 210 valence electrons. The third kappa shape index (κ3) is 6.99. The van der Waals surface area contributed by atoms with Gasteiger partial charge >= 0.3 is 0 Å².